The first-order valence-electron chi connectivity index (χ1n) is 10.5. The summed E-state index contributed by atoms with van der Waals surface area (Å²) in [7, 11) is 0. The fraction of sp³-hybridized carbons (Fsp3) is 0.360. The molecule has 1 aliphatic heterocycles. The summed E-state index contributed by atoms with van der Waals surface area (Å²) in [5, 5.41) is 6.26. The SMILES string of the molecule is C[C@@H](NCCC1CN(c2ccc(CF)cc2)CCO1)c1cccc2ccccc12. The fourth-order valence-electron chi connectivity index (χ4n) is 4.12. The molecule has 3 nitrogen and oxygen atoms in total. The van der Waals surface area contributed by atoms with Crippen molar-refractivity contribution in [1.82, 2.24) is 5.32 Å². The van der Waals surface area contributed by atoms with Gasteiger partial charge in [0.15, 0.2) is 0 Å². The van der Waals surface area contributed by atoms with Crippen LogP contribution < -0.4 is 10.2 Å². The maximum absolute atomic E-state index is 12.7. The van der Waals surface area contributed by atoms with Gasteiger partial charge >= 0.3 is 0 Å². The van der Waals surface area contributed by atoms with Crippen molar-refractivity contribution in [2.75, 3.05) is 31.1 Å². The molecule has 1 aliphatic rings. The molecule has 1 saturated heterocycles. The minimum absolute atomic E-state index is 0.205. The van der Waals surface area contributed by atoms with E-state index in [2.05, 4.69) is 59.6 Å². The Kier molecular flexibility index (Phi) is 6.43. The first-order valence-corrected chi connectivity index (χ1v) is 10.5. The van der Waals surface area contributed by atoms with Gasteiger partial charge < -0.3 is 15.0 Å². The zero-order valence-electron chi connectivity index (χ0n) is 17.0. The molecule has 3 aromatic rings. The van der Waals surface area contributed by atoms with E-state index in [9.17, 15) is 4.39 Å². The van der Waals surface area contributed by atoms with Crippen LogP contribution in [0, 0.1) is 0 Å². The van der Waals surface area contributed by atoms with E-state index < -0.39 is 6.67 Å². The molecular weight excluding hydrogens is 363 g/mol. The van der Waals surface area contributed by atoms with E-state index in [4.69, 9.17) is 4.74 Å². The van der Waals surface area contributed by atoms with E-state index in [1.807, 2.05) is 24.3 Å². The van der Waals surface area contributed by atoms with Crippen LogP contribution in [0.3, 0.4) is 0 Å². The zero-order valence-corrected chi connectivity index (χ0v) is 17.0. The van der Waals surface area contributed by atoms with Crippen LogP contribution in [0.1, 0.15) is 30.5 Å². The van der Waals surface area contributed by atoms with Crippen molar-refractivity contribution in [3.63, 3.8) is 0 Å². The molecule has 0 saturated carbocycles. The van der Waals surface area contributed by atoms with Gasteiger partial charge in [-0.25, -0.2) is 4.39 Å². The average molecular weight is 393 g/mol. The smallest absolute Gasteiger partial charge is 0.115 e. The van der Waals surface area contributed by atoms with Gasteiger partial charge in [-0.05, 0) is 53.9 Å². The Morgan fingerprint density at radius 2 is 1.86 bits per heavy atom. The number of ether oxygens (including phenoxy) is 1. The van der Waals surface area contributed by atoms with E-state index >= 15 is 0 Å². The molecule has 4 heteroatoms. The highest BCUT2D eigenvalue weighted by atomic mass is 19.1. The molecule has 0 spiro atoms. The van der Waals surface area contributed by atoms with Gasteiger partial charge in [0, 0.05) is 24.8 Å². The second-order valence-electron chi connectivity index (χ2n) is 7.77. The number of fused-ring (bicyclic) bond motifs is 1. The Morgan fingerprint density at radius 1 is 1.07 bits per heavy atom. The monoisotopic (exact) mass is 392 g/mol. The second kappa shape index (κ2) is 9.38. The van der Waals surface area contributed by atoms with E-state index in [1.165, 1.54) is 16.3 Å². The highest BCUT2D eigenvalue weighted by Crippen LogP contribution is 2.24. The molecule has 3 aromatic carbocycles. The Hall–Kier alpha value is -2.43. The summed E-state index contributed by atoms with van der Waals surface area (Å²) < 4.78 is 18.7. The third-order valence-electron chi connectivity index (χ3n) is 5.80. The molecule has 0 radical (unpaired) electrons. The first kappa shape index (κ1) is 19.9. The highest BCUT2D eigenvalue weighted by Gasteiger charge is 2.21. The van der Waals surface area contributed by atoms with E-state index in [1.54, 1.807) is 0 Å². The number of benzene rings is 3. The molecule has 2 atom stereocenters. The van der Waals surface area contributed by atoms with Gasteiger partial charge in [0.1, 0.15) is 6.67 Å². The predicted molar refractivity (Wildman–Crippen MR) is 118 cm³/mol. The molecule has 152 valence electrons. The standard InChI is InChI=1S/C25H29FN2O/c1-19(24-8-4-6-21-5-2-3-7-25(21)24)27-14-13-23-18-28(15-16-29-23)22-11-9-20(17-26)10-12-22/h2-12,19,23,27H,13-18H2,1H3/t19-,23?/m1/s1. The van der Waals surface area contributed by atoms with Crippen LogP contribution in [-0.4, -0.2) is 32.3 Å². The number of rotatable bonds is 7. The number of nitrogens with zero attached hydrogens (tertiary/aromatic N) is 1. The lowest BCUT2D eigenvalue weighted by Gasteiger charge is -2.35. The van der Waals surface area contributed by atoms with Gasteiger partial charge in [0.2, 0.25) is 0 Å². The molecule has 1 N–H and O–H groups in total. The third-order valence-corrected chi connectivity index (χ3v) is 5.80. The van der Waals surface area contributed by atoms with Crippen molar-refractivity contribution in [2.45, 2.75) is 32.2 Å². The van der Waals surface area contributed by atoms with Crippen molar-refractivity contribution in [1.29, 1.82) is 0 Å². The Balaban J connectivity index is 1.31. The molecule has 1 fully saturated rings. The van der Waals surface area contributed by atoms with Crippen molar-refractivity contribution in [2.24, 2.45) is 0 Å². The van der Waals surface area contributed by atoms with Gasteiger partial charge in [0.05, 0.1) is 12.7 Å². The van der Waals surface area contributed by atoms with E-state index in [0.29, 0.717) is 0 Å². The van der Waals surface area contributed by atoms with Crippen molar-refractivity contribution < 1.29 is 9.13 Å². The molecule has 0 aliphatic carbocycles. The summed E-state index contributed by atoms with van der Waals surface area (Å²) in [6, 6.07) is 23.1. The Labute approximate surface area is 172 Å². The Morgan fingerprint density at radius 3 is 2.69 bits per heavy atom. The van der Waals surface area contributed by atoms with Crippen LogP contribution in [-0.2, 0) is 11.4 Å². The molecule has 0 amide bonds. The van der Waals surface area contributed by atoms with Gasteiger partial charge in [-0.15, -0.1) is 0 Å². The summed E-state index contributed by atoms with van der Waals surface area (Å²) in [5.74, 6) is 0. The maximum Gasteiger partial charge on any atom is 0.115 e. The molecular formula is C25H29FN2O. The largest absolute Gasteiger partial charge is 0.374 e. The summed E-state index contributed by atoms with van der Waals surface area (Å²) in [5.41, 5.74) is 3.21. The summed E-state index contributed by atoms with van der Waals surface area (Å²) in [6.07, 6.45) is 1.17. The lowest BCUT2D eigenvalue weighted by molar-refractivity contribution is 0.0351. The summed E-state index contributed by atoms with van der Waals surface area (Å²) in [6.45, 7) is 5.21. The van der Waals surface area contributed by atoms with E-state index in [0.717, 1.165) is 43.9 Å². The van der Waals surface area contributed by atoms with Gasteiger partial charge in [-0.3, -0.25) is 0 Å². The van der Waals surface area contributed by atoms with Crippen LogP contribution in [0.4, 0.5) is 10.1 Å². The number of alkyl halides is 1. The first-order chi connectivity index (χ1) is 14.2. The number of morpholine rings is 1. The summed E-state index contributed by atoms with van der Waals surface area (Å²) >= 11 is 0. The third kappa shape index (κ3) is 4.77. The number of hydrogen-bond acceptors (Lipinski definition) is 3. The van der Waals surface area contributed by atoms with Gasteiger partial charge in [-0.1, -0.05) is 54.6 Å². The number of anilines is 1. The molecule has 4 rings (SSSR count). The average Bonchev–Trinajstić information content (AvgIpc) is 2.79. The molecule has 0 aromatic heterocycles. The topological polar surface area (TPSA) is 24.5 Å². The number of halogens is 1. The molecule has 1 unspecified atom stereocenters. The fourth-order valence-corrected chi connectivity index (χ4v) is 4.12. The van der Waals surface area contributed by atoms with Crippen molar-refractivity contribution in [3.05, 3.63) is 77.9 Å². The summed E-state index contributed by atoms with van der Waals surface area (Å²) in [4.78, 5) is 2.34. The van der Waals surface area contributed by atoms with Crippen LogP contribution in [0.15, 0.2) is 66.7 Å². The van der Waals surface area contributed by atoms with Gasteiger partial charge in [-0.2, -0.15) is 0 Å². The highest BCUT2D eigenvalue weighted by molar-refractivity contribution is 5.86. The Bertz CT molecular complexity index is 922. The van der Waals surface area contributed by atoms with Crippen molar-refractivity contribution >= 4 is 16.5 Å². The molecule has 0 bridgehead atoms. The van der Waals surface area contributed by atoms with Crippen molar-refractivity contribution in [3.8, 4) is 0 Å². The molecule has 29 heavy (non-hydrogen) atoms. The minimum atomic E-state index is -0.410. The lowest BCUT2D eigenvalue weighted by atomic mass is 9.99. The lowest BCUT2D eigenvalue weighted by Crippen LogP contribution is -2.43. The number of hydrogen-bond donors (Lipinski definition) is 1. The van der Waals surface area contributed by atoms with Crippen LogP contribution in [0.2, 0.25) is 0 Å². The van der Waals surface area contributed by atoms with Gasteiger partial charge in [0.25, 0.3) is 0 Å². The zero-order chi connectivity index (χ0) is 20.1. The van der Waals surface area contributed by atoms with Crippen LogP contribution in [0.25, 0.3) is 10.8 Å². The predicted octanol–water partition coefficient (Wildman–Crippen LogP) is 5.26. The normalized spacial score (nSPS) is 18.1. The number of nitrogens with one attached hydrogen (secondary N) is 1. The second-order valence-corrected chi connectivity index (χ2v) is 7.77. The maximum atomic E-state index is 12.7. The van der Waals surface area contributed by atoms with Crippen LogP contribution in [0.5, 0.6) is 0 Å². The minimum Gasteiger partial charge on any atom is -0.374 e. The molecule has 1 heterocycles. The van der Waals surface area contributed by atoms with E-state index in [-0.39, 0.29) is 12.1 Å². The van der Waals surface area contributed by atoms with Crippen LogP contribution >= 0.6 is 0 Å². The quantitative estimate of drug-likeness (QED) is 0.594.